The average Bonchev–Trinajstić information content (AvgIpc) is 3.13. The molecule has 1 aromatic carbocycles. The van der Waals surface area contributed by atoms with Gasteiger partial charge in [0, 0.05) is 43.3 Å². The number of nitrogens with zero attached hydrogens (tertiary/aromatic N) is 1. The maximum atomic E-state index is 5.15. The molecule has 1 heterocycles. The molecule has 0 aliphatic heterocycles. The van der Waals surface area contributed by atoms with Crippen LogP contribution in [0.3, 0.4) is 0 Å². The molecule has 0 unspecified atom stereocenters. The molecule has 2 aromatic rings. The molecule has 0 bridgehead atoms. The molecule has 0 amide bonds. The molecule has 1 aromatic heterocycles. The highest BCUT2D eigenvalue weighted by Gasteiger charge is 2.20. The van der Waals surface area contributed by atoms with Gasteiger partial charge in [-0.15, -0.1) is 0 Å². The zero-order valence-corrected chi connectivity index (χ0v) is 10.9. The molecule has 1 saturated carbocycles. The molecule has 96 valence electrons. The first kappa shape index (κ1) is 11.8. The van der Waals surface area contributed by atoms with Crippen LogP contribution in [-0.4, -0.2) is 24.3 Å². The highest BCUT2D eigenvalue weighted by molar-refractivity contribution is 5.83. The molecule has 3 nitrogen and oxygen atoms in total. The lowest BCUT2D eigenvalue weighted by Gasteiger charge is -2.07. The topological polar surface area (TPSA) is 26.2 Å². The standard InChI is InChI=1S/C15H20N2O/c1-18-10-9-17-8-7-14-12(3-2-4-15(14)17)11-16-13-5-6-13/h2-4,7-8,13,16H,5-6,9-11H2,1H3. The fourth-order valence-corrected chi connectivity index (χ4v) is 2.37. The van der Waals surface area contributed by atoms with Crippen LogP contribution in [0.2, 0.25) is 0 Å². The minimum atomic E-state index is 0.758. The summed E-state index contributed by atoms with van der Waals surface area (Å²) in [7, 11) is 1.75. The van der Waals surface area contributed by atoms with Gasteiger partial charge >= 0.3 is 0 Å². The van der Waals surface area contributed by atoms with Crippen LogP contribution >= 0.6 is 0 Å². The second-order valence-electron chi connectivity index (χ2n) is 5.01. The van der Waals surface area contributed by atoms with E-state index in [-0.39, 0.29) is 0 Å². The molecule has 1 aliphatic rings. The first-order valence-electron chi connectivity index (χ1n) is 6.67. The summed E-state index contributed by atoms with van der Waals surface area (Å²) in [4.78, 5) is 0. The Kier molecular flexibility index (Phi) is 3.35. The summed E-state index contributed by atoms with van der Waals surface area (Å²) in [6.07, 6.45) is 4.83. The van der Waals surface area contributed by atoms with E-state index < -0.39 is 0 Å². The number of hydrogen-bond donors (Lipinski definition) is 1. The maximum Gasteiger partial charge on any atom is 0.0641 e. The van der Waals surface area contributed by atoms with Crippen molar-refractivity contribution in [3.05, 3.63) is 36.0 Å². The van der Waals surface area contributed by atoms with E-state index >= 15 is 0 Å². The zero-order valence-electron chi connectivity index (χ0n) is 10.9. The van der Waals surface area contributed by atoms with E-state index in [1.165, 1.54) is 29.3 Å². The first-order valence-corrected chi connectivity index (χ1v) is 6.67. The molecule has 3 rings (SSSR count). The van der Waals surface area contributed by atoms with Gasteiger partial charge in [0.25, 0.3) is 0 Å². The maximum absolute atomic E-state index is 5.15. The van der Waals surface area contributed by atoms with Gasteiger partial charge in [0.2, 0.25) is 0 Å². The van der Waals surface area contributed by atoms with Crippen molar-refractivity contribution in [2.45, 2.75) is 32.0 Å². The smallest absolute Gasteiger partial charge is 0.0641 e. The molecule has 18 heavy (non-hydrogen) atoms. The van der Waals surface area contributed by atoms with Crippen molar-refractivity contribution >= 4 is 10.9 Å². The number of benzene rings is 1. The van der Waals surface area contributed by atoms with Gasteiger partial charge in [0.15, 0.2) is 0 Å². The van der Waals surface area contributed by atoms with Crippen LogP contribution in [0.1, 0.15) is 18.4 Å². The molecule has 0 spiro atoms. The lowest BCUT2D eigenvalue weighted by molar-refractivity contribution is 0.188. The fraction of sp³-hybridized carbons (Fsp3) is 0.467. The third kappa shape index (κ3) is 2.42. The zero-order chi connectivity index (χ0) is 12.4. The van der Waals surface area contributed by atoms with E-state index in [4.69, 9.17) is 4.74 Å². The molecule has 0 radical (unpaired) electrons. The number of fused-ring (bicyclic) bond motifs is 1. The quantitative estimate of drug-likeness (QED) is 0.845. The van der Waals surface area contributed by atoms with E-state index in [2.05, 4.69) is 40.3 Å². The van der Waals surface area contributed by atoms with Crippen molar-refractivity contribution in [2.24, 2.45) is 0 Å². The average molecular weight is 244 g/mol. The highest BCUT2D eigenvalue weighted by atomic mass is 16.5. The molecule has 1 aliphatic carbocycles. The second-order valence-corrected chi connectivity index (χ2v) is 5.01. The molecular formula is C15H20N2O. The third-order valence-electron chi connectivity index (χ3n) is 3.60. The molecule has 0 atom stereocenters. The number of methoxy groups -OCH3 is 1. The van der Waals surface area contributed by atoms with Crippen molar-refractivity contribution in [2.75, 3.05) is 13.7 Å². The summed E-state index contributed by atoms with van der Waals surface area (Å²) in [6.45, 7) is 2.66. The Bertz CT molecular complexity index is 528. The Morgan fingerprint density at radius 3 is 3.00 bits per heavy atom. The van der Waals surface area contributed by atoms with E-state index in [1.807, 2.05) is 0 Å². The summed E-state index contributed by atoms with van der Waals surface area (Å²) in [6, 6.07) is 9.53. The van der Waals surface area contributed by atoms with Crippen LogP contribution in [-0.2, 0) is 17.8 Å². The van der Waals surface area contributed by atoms with E-state index in [1.54, 1.807) is 7.11 Å². The van der Waals surface area contributed by atoms with Gasteiger partial charge in [-0.2, -0.15) is 0 Å². The Labute approximate surface area is 108 Å². The number of hydrogen-bond acceptors (Lipinski definition) is 2. The van der Waals surface area contributed by atoms with Crippen molar-refractivity contribution in [1.82, 2.24) is 9.88 Å². The van der Waals surface area contributed by atoms with Crippen LogP contribution in [0.5, 0.6) is 0 Å². The fourth-order valence-electron chi connectivity index (χ4n) is 2.37. The second kappa shape index (κ2) is 5.12. The predicted molar refractivity (Wildman–Crippen MR) is 73.7 cm³/mol. The summed E-state index contributed by atoms with van der Waals surface area (Å²) >= 11 is 0. The number of rotatable bonds is 6. The van der Waals surface area contributed by atoms with Gasteiger partial charge in [-0.3, -0.25) is 0 Å². The number of ether oxygens (including phenoxy) is 1. The third-order valence-corrected chi connectivity index (χ3v) is 3.60. The van der Waals surface area contributed by atoms with Crippen LogP contribution in [0.4, 0.5) is 0 Å². The van der Waals surface area contributed by atoms with E-state index in [0.29, 0.717) is 0 Å². The summed E-state index contributed by atoms with van der Waals surface area (Å²) in [5.41, 5.74) is 2.71. The van der Waals surface area contributed by atoms with Crippen LogP contribution in [0.25, 0.3) is 10.9 Å². The van der Waals surface area contributed by atoms with Gasteiger partial charge in [-0.25, -0.2) is 0 Å². The Morgan fingerprint density at radius 1 is 1.33 bits per heavy atom. The normalized spacial score (nSPS) is 15.4. The number of aromatic nitrogens is 1. The molecule has 3 heteroatoms. The SMILES string of the molecule is COCCn1ccc2c(CNC3CC3)cccc21. The Hall–Kier alpha value is -1.32. The first-order chi connectivity index (χ1) is 8.88. The van der Waals surface area contributed by atoms with Gasteiger partial charge in [-0.1, -0.05) is 12.1 Å². The van der Waals surface area contributed by atoms with Crippen LogP contribution in [0.15, 0.2) is 30.5 Å². The van der Waals surface area contributed by atoms with Gasteiger partial charge in [0.05, 0.1) is 6.61 Å². The minimum absolute atomic E-state index is 0.758. The van der Waals surface area contributed by atoms with E-state index in [9.17, 15) is 0 Å². The van der Waals surface area contributed by atoms with Gasteiger partial charge < -0.3 is 14.6 Å². The molecule has 1 N–H and O–H groups in total. The van der Waals surface area contributed by atoms with Gasteiger partial charge in [0.1, 0.15) is 0 Å². The lowest BCUT2D eigenvalue weighted by Crippen LogP contribution is -2.15. The minimum Gasteiger partial charge on any atom is -0.383 e. The van der Waals surface area contributed by atoms with Crippen molar-refractivity contribution in [3.63, 3.8) is 0 Å². The summed E-state index contributed by atoms with van der Waals surface area (Å²) in [5, 5.41) is 4.95. The monoisotopic (exact) mass is 244 g/mol. The Morgan fingerprint density at radius 2 is 2.22 bits per heavy atom. The Balaban J connectivity index is 1.83. The largest absolute Gasteiger partial charge is 0.383 e. The van der Waals surface area contributed by atoms with Crippen molar-refractivity contribution < 1.29 is 4.74 Å². The molecule has 0 saturated heterocycles. The predicted octanol–water partition coefficient (Wildman–Crippen LogP) is 2.54. The summed E-state index contributed by atoms with van der Waals surface area (Å²) < 4.78 is 7.41. The summed E-state index contributed by atoms with van der Waals surface area (Å²) in [5.74, 6) is 0. The van der Waals surface area contributed by atoms with Crippen LogP contribution in [0, 0.1) is 0 Å². The van der Waals surface area contributed by atoms with Crippen LogP contribution < -0.4 is 5.32 Å². The highest BCUT2D eigenvalue weighted by Crippen LogP contribution is 2.23. The molecular weight excluding hydrogens is 224 g/mol. The van der Waals surface area contributed by atoms with Crippen molar-refractivity contribution in [3.8, 4) is 0 Å². The lowest BCUT2D eigenvalue weighted by atomic mass is 10.1. The number of nitrogens with one attached hydrogen (secondary N) is 1. The van der Waals surface area contributed by atoms with Crippen molar-refractivity contribution in [1.29, 1.82) is 0 Å². The van der Waals surface area contributed by atoms with E-state index in [0.717, 1.165) is 25.7 Å². The van der Waals surface area contributed by atoms with Gasteiger partial charge in [-0.05, 0) is 30.5 Å². The molecule has 1 fully saturated rings.